The van der Waals surface area contributed by atoms with Gasteiger partial charge in [-0.25, -0.2) is 4.79 Å². The Labute approximate surface area is 175 Å². The highest BCUT2D eigenvalue weighted by Crippen LogP contribution is 2.35. The zero-order chi connectivity index (χ0) is 21.9. The molecule has 0 radical (unpaired) electrons. The third kappa shape index (κ3) is 5.10. The highest BCUT2D eigenvalue weighted by Gasteiger charge is 2.36. The minimum absolute atomic E-state index is 0.290. The molecular formula is C21H30N4O5. The molecule has 2 heterocycles. The number of aliphatic hydroxyl groups excluding tert-OH is 1. The van der Waals surface area contributed by atoms with E-state index in [1.807, 2.05) is 24.3 Å². The molecule has 0 bridgehead atoms. The van der Waals surface area contributed by atoms with Crippen LogP contribution in [0.15, 0.2) is 24.3 Å². The zero-order valence-corrected chi connectivity index (χ0v) is 17.8. The summed E-state index contributed by atoms with van der Waals surface area (Å²) in [6.45, 7) is 6.76. The fourth-order valence-electron chi connectivity index (χ4n) is 3.67. The fraction of sp³-hybridized carbons (Fsp3) is 0.524. The number of hydrogen-bond acceptors (Lipinski definition) is 7. The van der Waals surface area contributed by atoms with Gasteiger partial charge in [0.1, 0.15) is 5.60 Å². The first-order valence-corrected chi connectivity index (χ1v) is 9.99. The summed E-state index contributed by atoms with van der Waals surface area (Å²) in [5.74, 6) is -0.851. The second-order valence-electron chi connectivity index (χ2n) is 8.32. The highest BCUT2D eigenvalue weighted by atomic mass is 16.6. The van der Waals surface area contributed by atoms with Crippen LogP contribution in [0.3, 0.4) is 0 Å². The molecule has 1 aromatic heterocycles. The molecule has 4 N–H and O–H groups in total. The second kappa shape index (κ2) is 9.03. The molecule has 0 fully saturated rings. The van der Waals surface area contributed by atoms with E-state index >= 15 is 0 Å². The smallest absolute Gasteiger partial charge is 0.407 e. The van der Waals surface area contributed by atoms with Crippen molar-refractivity contribution in [2.75, 3.05) is 26.7 Å². The molecule has 9 nitrogen and oxygen atoms in total. The Morgan fingerprint density at radius 1 is 1.30 bits per heavy atom. The van der Waals surface area contributed by atoms with Crippen molar-refractivity contribution in [2.24, 2.45) is 0 Å². The molecule has 1 aliphatic heterocycles. The van der Waals surface area contributed by atoms with Gasteiger partial charge in [0.25, 0.3) is 0 Å². The van der Waals surface area contributed by atoms with Crippen LogP contribution in [0.5, 0.6) is 0 Å². The molecule has 2 aromatic rings. The van der Waals surface area contributed by atoms with Crippen LogP contribution in [0.2, 0.25) is 0 Å². The number of esters is 1. The van der Waals surface area contributed by atoms with E-state index in [0.717, 1.165) is 22.2 Å². The summed E-state index contributed by atoms with van der Waals surface area (Å²) in [6.07, 6.45) is -1.50. The average Bonchev–Trinajstić information content (AvgIpc) is 3.07. The van der Waals surface area contributed by atoms with Crippen molar-refractivity contribution < 1.29 is 24.2 Å². The molecule has 1 amide bonds. The number of aromatic nitrogens is 1. The maximum Gasteiger partial charge on any atom is 0.407 e. The van der Waals surface area contributed by atoms with Gasteiger partial charge < -0.3 is 24.9 Å². The van der Waals surface area contributed by atoms with Crippen LogP contribution < -0.4 is 10.6 Å². The molecule has 0 saturated carbocycles. The van der Waals surface area contributed by atoms with Gasteiger partial charge in [-0.05, 0) is 32.4 Å². The number of alkyl carbamates (subject to hydrolysis) is 1. The lowest BCUT2D eigenvalue weighted by atomic mass is 9.92. The lowest BCUT2D eigenvalue weighted by Crippen LogP contribution is -2.51. The van der Waals surface area contributed by atoms with Gasteiger partial charge in [-0.15, -0.1) is 0 Å². The molecule has 0 saturated heterocycles. The Morgan fingerprint density at radius 2 is 2.03 bits per heavy atom. The van der Waals surface area contributed by atoms with Crippen molar-refractivity contribution in [2.45, 2.75) is 45.2 Å². The van der Waals surface area contributed by atoms with Crippen LogP contribution in [-0.2, 0) is 20.8 Å². The maximum atomic E-state index is 12.5. The minimum Gasteiger partial charge on any atom is -0.469 e. The number of nitrogens with zero attached hydrogens (tertiary/aromatic N) is 1. The summed E-state index contributed by atoms with van der Waals surface area (Å²) in [5, 5.41) is 17.2. The van der Waals surface area contributed by atoms with Gasteiger partial charge in [0, 0.05) is 42.8 Å². The number of nitrogens with one attached hydrogen (secondary N) is 3. The molecule has 3 rings (SSSR count). The molecule has 9 heteroatoms. The Balaban J connectivity index is 1.63. The lowest BCUT2D eigenvalue weighted by molar-refractivity contribution is -0.144. The predicted molar refractivity (Wildman–Crippen MR) is 112 cm³/mol. The first-order valence-electron chi connectivity index (χ1n) is 9.99. The third-order valence-corrected chi connectivity index (χ3v) is 4.91. The Bertz CT molecular complexity index is 904. The maximum absolute atomic E-state index is 12.5. The number of methoxy groups -OCH3 is 1. The summed E-state index contributed by atoms with van der Waals surface area (Å²) >= 11 is 0. The van der Waals surface area contributed by atoms with E-state index in [1.165, 1.54) is 7.11 Å². The molecule has 1 aromatic carbocycles. The first kappa shape index (κ1) is 22.1. The molecule has 1 aliphatic rings. The first-order chi connectivity index (χ1) is 14.2. The van der Waals surface area contributed by atoms with Crippen LogP contribution in [0.25, 0.3) is 10.9 Å². The van der Waals surface area contributed by atoms with E-state index in [1.54, 1.807) is 25.7 Å². The summed E-state index contributed by atoms with van der Waals surface area (Å²) in [6, 6.07) is 7.81. The van der Waals surface area contributed by atoms with Gasteiger partial charge in [0.15, 0.2) is 6.35 Å². The van der Waals surface area contributed by atoms with Gasteiger partial charge in [0.2, 0.25) is 0 Å². The van der Waals surface area contributed by atoms with E-state index in [9.17, 15) is 14.7 Å². The quantitative estimate of drug-likeness (QED) is 0.320. The van der Waals surface area contributed by atoms with Crippen molar-refractivity contribution in [1.29, 1.82) is 0 Å². The minimum atomic E-state index is -0.989. The lowest BCUT2D eigenvalue weighted by Gasteiger charge is -2.35. The number of rotatable bonds is 6. The fourth-order valence-corrected chi connectivity index (χ4v) is 3.67. The number of fused-ring (bicyclic) bond motifs is 3. The number of aliphatic hydroxyl groups is 1. The number of H-pyrrole nitrogens is 1. The number of hydrogen-bond donors (Lipinski definition) is 4. The van der Waals surface area contributed by atoms with Crippen LogP contribution in [0.1, 0.15) is 37.9 Å². The monoisotopic (exact) mass is 418 g/mol. The topological polar surface area (TPSA) is 116 Å². The molecule has 30 heavy (non-hydrogen) atoms. The number of carbonyl (C=O) groups is 2. The third-order valence-electron chi connectivity index (χ3n) is 4.91. The van der Waals surface area contributed by atoms with Crippen LogP contribution in [0, 0.1) is 0 Å². The Morgan fingerprint density at radius 3 is 2.73 bits per heavy atom. The molecule has 0 aliphatic carbocycles. The second-order valence-corrected chi connectivity index (χ2v) is 8.32. The van der Waals surface area contributed by atoms with Gasteiger partial charge in [-0.3, -0.25) is 15.0 Å². The number of para-hydroxylation sites is 1. The van der Waals surface area contributed by atoms with Gasteiger partial charge in [0.05, 0.1) is 13.0 Å². The highest BCUT2D eigenvalue weighted by molar-refractivity contribution is 5.91. The van der Waals surface area contributed by atoms with Crippen molar-refractivity contribution in [3.8, 4) is 0 Å². The SMILES string of the molecule is COC(=O)C1CN(C(O)NCCNC(=O)OC(C)(C)C)Cc2[nH]c3ccccc3c21. The number of amides is 1. The Kier molecular flexibility index (Phi) is 6.64. The van der Waals surface area contributed by atoms with Crippen molar-refractivity contribution in [1.82, 2.24) is 20.5 Å². The summed E-state index contributed by atoms with van der Waals surface area (Å²) < 4.78 is 10.2. The molecule has 0 spiro atoms. The predicted octanol–water partition coefficient (Wildman–Crippen LogP) is 1.63. The number of aromatic amines is 1. The van der Waals surface area contributed by atoms with Gasteiger partial charge in [-0.1, -0.05) is 18.2 Å². The van der Waals surface area contributed by atoms with E-state index in [0.29, 0.717) is 19.6 Å². The van der Waals surface area contributed by atoms with Crippen LogP contribution in [-0.4, -0.2) is 65.7 Å². The van der Waals surface area contributed by atoms with Gasteiger partial charge in [-0.2, -0.15) is 0 Å². The van der Waals surface area contributed by atoms with Crippen molar-refractivity contribution >= 4 is 23.0 Å². The van der Waals surface area contributed by atoms with E-state index in [4.69, 9.17) is 9.47 Å². The van der Waals surface area contributed by atoms with Crippen molar-refractivity contribution in [3.63, 3.8) is 0 Å². The number of ether oxygens (including phenoxy) is 2. The van der Waals surface area contributed by atoms with E-state index < -0.39 is 24.0 Å². The largest absolute Gasteiger partial charge is 0.469 e. The molecule has 2 unspecified atom stereocenters. The van der Waals surface area contributed by atoms with E-state index in [2.05, 4.69) is 15.6 Å². The molecule has 164 valence electrons. The van der Waals surface area contributed by atoms with Crippen LogP contribution in [0.4, 0.5) is 4.79 Å². The molecule has 2 atom stereocenters. The van der Waals surface area contributed by atoms with E-state index in [-0.39, 0.29) is 12.5 Å². The van der Waals surface area contributed by atoms with Crippen molar-refractivity contribution in [3.05, 3.63) is 35.5 Å². The zero-order valence-electron chi connectivity index (χ0n) is 17.8. The number of benzene rings is 1. The Hall–Kier alpha value is -2.62. The van der Waals surface area contributed by atoms with Crippen LogP contribution >= 0.6 is 0 Å². The standard InChI is InChI=1S/C21H30N4O5/c1-21(2,3)30-20(28)23-10-9-22-19(27)25-11-14(18(26)29-4)17-13-7-5-6-8-15(13)24-16(17)12-25/h5-8,14,19,22,24,27H,9-12H2,1-4H3,(H,23,28). The number of carbonyl (C=O) groups excluding carboxylic acids is 2. The summed E-state index contributed by atoms with van der Waals surface area (Å²) in [4.78, 5) is 29.3. The van der Waals surface area contributed by atoms with Gasteiger partial charge >= 0.3 is 12.1 Å². The summed E-state index contributed by atoms with van der Waals surface area (Å²) in [5.41, 5.74) is 2.19. The molecular weight excluding hydrogens is 388 g/mol. The summed E-state index contributed by atoms with van der Waals surface area (Å²) in [7, 11) is 1.37. The average molecular weight is 418 g/mol. The normalized spacial score (nSPS) is 18.0.